The molecule has 0 unspecified atom stereocenters. The molecule has 1 fully saturated rings. The Labute approximate surface area is 125 Å². The van der Waals surface area contributed by atoms with E-state index in [1.807, 2.05) is 20.8 Å². The fraction of sp³-hybridized carbons (Fsp3) is 0.583. The summed E-state index contributed by atoms with van der Waals surface area (Å²) in [6, 6.07) is 0. The number of amides is 1. The molecule has 1 amide bonds. The van der Waals surface area contributed by atoms with Crippen molar-refractivity contribution < 1.29 is 13.9 Å². The fourth-order valence-electron chi connectivity index (χ4n) is 1.56. The Bertz CT molecular complexity index is 518. The zero-order chi connectivity index (χ0) is 14.9. The van der Waals surface area contributed by atoms with Crippen LogP contribution in [0.3, 0.4) is 0 Å². The van der Waals surface area contributed by atoms with E-state index in [0.29, 0.717) is 13.1 Å². The highest BCUT2D eigenvalue weighted by atomic mass is 35.5. The van der Waals surface area contributed by atoms with Crippen LogP contribution in [0.2, 0.25) is 5.28 Å². The third-order valence-corrected chi connectivity index (χ3v) is 3.78. The highest BCUT2D eigenvalue weighted by molar-refractivity contribution is 8.00. The molecule has 1 aromatic heterocycles. The van der Waals surface area contributed by atoms with Crippen LogP contribution in [0, 0.1) is 5.82 Å². The molecule has 1 saturated heterocycles. The standard InChI is InChI=1S/C12H15ClFN3O2S/c1-12(2,3)19-11(18)17-5-7(6-17)20-9-8(14)4-15-10(13)16-9/h4,7H,5-6H2,1-3H3. The Morgan fingerprint density at radius 2 is 2.20 bits per heavy atom. The summed E-state index contributed by atoms with van der Waals surface area (Å²) >= 11 is 6.88. The van der Waals surface area contributed by atoms with Crippen molar-refractivity contribution in [3.05, 3.63) is 17.3 Å². The lowest BCUT2D eigenvalue weighted by Crippen LogP contribution is -2.53. The molecule has 0 spiro atoms. The fourth-order valence-corrected chi connectivity index (χ4v) is 2.87. The normalized spacial score (nSPS) is 15.9. The van der Waals surface area contributed by atoms with Crippen LogP contribution in [0.5, 0.6) is 0 Å². The SMILES string of the molecule is CC(C)(C)OC(=O)N1CC(Sc2nc(Cl)ncc2F)C1. The highest BCUT2D eigenvalue weighted by Gasteiger charge is 2.35. The quantitative estimate of drug-likeness (QED) is 0.619. The number of ether oxygens (including phenoxy) is 1. The summed E-state index contributed by atoms with van der Waals surface area (Å²) in [5.41, 5.74) is -0.512. The number of hydrogen-bond donors (Lipinski definition) is 0. The molecule has 0 atom stereocenters. The monoisotopic (exact) mass is 319 g/mol. The molecule has 5 nitrogen and oxygen atoms in total. The van der Waals surface area contributed by atoms with Gasteiger partial charge in [-0.2, -0.15) is 0 Å². The van der Waals surface area contributed by atoms with Gasteiger partial charge in [0.15, 0.2) is 5.82 Å². The summed E-state index contributed by atoms with van der Waals surface area (Å²) in [7, 11) is 0. The molecule has 8 heteroatoms. The van der Waals surface area contributed by atoms with Crippen LogP contribution >= 0.6 is 23.4 Å². The van der Waals surface area contributed by atoms with Crippen molar-refractivity contribution in [2.75, 3.05) is 13.1 Å². The van der Waals surface area contributed by atoms with Gasteiger partial charge in [-0.1, -0.05) is 11.8 Å². The molecule has 0 saturated carbocycles. The number of likely N-dealkylation sites (tertiary alicyclic amines) is 1. The van der Waals surface area contributed by atoms with E-state index in [0.717, 1.165) is 6.20 Å². The number of nitrogens with zero attached hydrogens (tertiary/aromatic N) is 3. The summed E-state index contributed by atoms with van der Waals surface area (Å²) in [4.78, 5) is 20.7. The second-order valence-electron chi connectivity index (χ2n) is 5.42. The van der Waals surface area contributed by atoms with Crippen LogP contribution < -0.4 is 0 Å². The van der Waals surface area contributed by atoms with Crippen LogP contribution in [0.1, 0.15) is 20.8 Å². The van der Waals surface area contributed by atoms with Crippen molar-refractivity contribution >= 4 is 29.5 Å². The van der Waals surface area contributed by atoms with E-state index in [9.17, 15) is 9.18 Å². The first-order valence-electron chi connectivity index (χ1n) is 6.07. The first-order valence-corrected chi connectivity index (χ1v) is 7.33. The Balaban J connectivity index is 1.85. The Kier molecular flexibility index (Phi) is 4.39. The van der Waals surface area contributed by atoms with Crippen LogP contribution in [0.4, 0.5) is 9.18 Å². The lowest BCUT2D eigenvalue weighted by Gasteiger charge is -2.39. The maximum absolute atomic E-state index is 13.5. The van der Waals surface area contributed by atoms with Crippen molar-refractivity contribution in [2.24, 2.45) is 0 Å². The molecule has 2 heterocycles. The smallest absolute Gasteiger partial charge is 0.410 e. The van der Waals surface area contributed by atoms with Crippen molar-refractivity contribution in [3.63, 3.8) is 0 Å². The van der Waals surface area contributed by atoms with Crippen molar-refractivity contribution in [1.29, 1.82) is 0 Å². The molecule has 0 aliphatic carbocycles. The molecule has 1 aromatic rings. The average molecular weight is 320 g/mol. The zero-order valence-electron chi connectivity index (χ0n) is 11.4. The predicted octanol–water partition coefficient (Wildman–Crippen LogP) is 2.98. The highest BCUT2D eigenvalue weighted by Crippen LogP contribution is 2.31. The van der Waals surface area contributed by atoms with Gasteiger partial charge in [-0.15, -0.1) is 0 Å². The molecule has 0 N–H and O–H groups in total. The molecule has 1 aliphatic rings. The third-order valence-electron chi connectivity index (χ3n) is 2.46. The van der Waals surface area contributed by atoms with E-state index in [4.69, 9.17) is 16.3 Å². The molecule has 20 heavy (non-hydrogen) atoms. The third kappa shape index (κ3) is 3.96. The van der Waals surface area contributed by atoms with Gasteiger partial charge in [-0.05, 0) is 32.4 Å². The summed E-state index contributed by atoms with van der Waals surface area (Å²) in [5.74, 6) is -0.505. The van der Waals surface area contributed by atoms with Gasteiger partial charge in [0.2, 0.25) is 5.28 Å². The molecular weight excluding hydrogens is 305 g/mol. The Morgan fingerprint density at radius 1 is 1.55 bits per heavy atom. The van der Waals surface area contributed by atoms with E-state index in [1.165, 1.54) is 11.8 Å². The van der Waals surface area contributed by atoms with Crippen LogP contribution in [0.15, 0.2) is 11.2 Å². The second-order valence-corrected chi connectivity index (χ2v) is 7.04. The van der Waals surface area contributed by atoms with Gasteiger partial charge in [0, 0.05) is 18.3 Å². The average Bonchev–Trinajstić information content (AvgIpc) is 2.24. The number of hydrogen-bond acceptors (Lipinski definition) is 5. The summed E-state index contributed by atoms with van der Waals surface area (Å²) in [6.45, 7) is 6.45. The van der Waals surface area contributed by atoms with Crippen LogP contribution in [-0.4, -0.2) is 44.9 Å². The van der Waals surface area contributed by atoms with Crippen LogP contribution in [-0.2, 0) is 4.74 Å². The van der Waals surface area contributed by atoms with Crippen LogP contribution in [0.25, 0.3) is 0 Å². The van der Waals surface area contributed by atoms with E-state index in [-0.39, 0.29) is 21.7 Å². The van der Waals surface area contributed by atoms with E-state index >= 15 is 0 Å². The molecule has 0 bridgehead atoms. The van der Waals surface area contributed by atoms with Crippen molar-refractivity contribution in [3.8, 4) is 0 Å². The second kappa shape index (κ2) is 5.73. The van der Waals surface area contributed by atoms with Crippen molar-refractivity contribution in [2.45, 2.75) is 36.6 Å². The maximum atomic E-state index is 13.5. The minimum Gasteiger partial charge on any atom is -0.444 e. The number of thioether (sulfide) groups is 1. The van der Waals surface area contributed by atoms with Gasteiger partial charge < -0.3 is 9.64 Å². The zero-order valence-corrected chi connectivity index (χ0v) is 13.0. The largest absolute Gasteiger partial charge is 0.444 e. The van der Waals surface area contributed by atoms with Gasteiger partial charge in [0.1, 0.15) is 10.6 Å². The number of halogens is 2. The summed E-state index contributed by atoms with van der Waals surface area (Å²) < 4.78 is 18.7. The molecule has 0 aromatic carbocycles. The predicted molar refractivity (Wildman–Crippen MR) is 74.5 cm³/mol. The lowest BCUT2D eigenvalue weighted by atomic mass is 10.2. The lowest BCUT2D eigenvalue weighted by molar-refractivity contribution is 0.0144. The topological polar surface area (TPSA) is 55.3 Å². The van der Waals surface area contributed by atoms with Crippen molar-refractivity contribution in [1.82, 2.24) is 14.9 Å². The first kappa shape index (κ1) is 15.3. The molecule has 1 aliphatic heterocycles. The minimum atomic E-state index is -0.512. The van der Waals surface area contributed by atoms with Gasteiger partial charge in [-0.3, -0.25) is 0 Å². The Morgan fingerprint density at radius 3 is 2.80 bits per heavy atom. The van der Waals surface area contributed by atoms with Gasteiger partial charge in [0.25, 0.3) is 0 Å². The molecule has 110 valence electrons. The van der Waals surface area contributed by atoms with Gasteiger partial charge in [-0.25, -0.2) is 19.2 Å². The van der Waals surface area contributed by atoms with E-state index in [1.54, 1.807) is 4.90 Å². The van der Waals surface area contributed by atoms with E-state index < -0.39 is 11.4 Å². The summed E-state index contributed by atoms with van der Waals surface area (Å²) in [5, 5.41) is 0.305. The minimum absolute atomic E-state index is 0.0113. The molecule has 0 radical (unpaired) electrons. The number of carbonyl (C=O) groups is 1. The van der Waals surface area contributed by atoms with Gasteiger partial charge >= 0.3 is 6.09 Å². The van der Waals surface area contributed by atoms with Gasteiger partial charge in [0.05, 0.1) is 6.20 Å². The number of rotatable bonds is 2. The molecular formula is C12H15ClFN3O2S. The first-order chi connectivity index (χ1) is 9.24. The van der Waals surface area contributed by atoms with E-state index in [2.05, 4.69) is 9.97 Å². The maximum Gasteiger partial charge on any atom is 0.410 e. The Hall–Kier alpha value is -1.08. The summed E-state index contributed by atoms with van der Waals surface area (Å²) in [6.07, 6.45) is 0.692. The number of carbonyl (C=O) groups excluding carboxylic acids is 1. The number of aromatic nitrogens is 2. The molecule has 2 rings (SSSR count).